The summed E-state index contributed by atoms with van der Waals surface area (Å²) >= 11 is 0. The maximum atomic E-state index is 13.0. The Morgan fingerprint density at radius 1 is 1.13 bits per heavy atom. The van der Waals surface area contributed by atoms with E-state index in [2.05, 4.69) is 10.3 Å². The van der Waals surface area contributed by atoms with Crippen molar-refractivity contribution in [3.05, 3.63) is 35.2 Å². The van der Waals surface area contributed by atoms with Crippen LogP contribution in [0.15, 0.2) is 18.2 Å². The number of Topliss-reactive ketones (excluding diaryl/α,β-unsaturated/α-hetero) is 1. The standard InChI is InChI=1S/C22H28N2O6/c1-7-12(3)23-21(26)20(25)19-18(17(13(4)24-19)22(27)30-8-2)15-11-14(28-5)9-10-16(15)29-6/h9-12,24H,7-8H2,1-6H3,(H,23,26)/t12-/m0/s1. The molecule has 1 atom stereocenters. The van der Waals surface area contributed by atoms with E-state index >= 15 is 0 Å². The number of ketones is 1. The predicted octanol–water partition coefficient (Wildman–Crippen LogP) is 3.28. The maximum Gasteiger partial charge on any atom is 0.340 e. The first-order chi connectivity index (χ1) is 14.3. The minimum absolute atomic E-state index is 0.0112. The van der Waals surface area contributed by atoms with Crippen LogP contribution in [0, 0.1) is 6.92 Å². The number of hydrogen-bond donors (Lipinski definition) is 2. The molecule has 0 aliphatic carbocycles. The van der Waals surface area contributed by atoms with E-state index in [9.17, 15) is 14.4 Å². The molecule has 162 valence electrons. The van der Waals surface area contributed by atoms with Crippen LogP contribution in [-0.2, 0) is 9.53 Å². The van der Waals surface area contributed by atoms with Crippen LogP contribution in [0.3, 0.4) is 0 Å². The van der Waals surface area contributed by atoms with Crippen molar-refractivity contribution in [3.63, 3.8) is 0 Å². The molecule has 0 spiro atoms. The van der Waals surface area contributed by atoms with Crippen molar-refractivity contribution in [2.45, 2.75) is 40.2 Å². The number of hydrogen-bond acceptors (Lipinski definition) is 6. The quantitative estimate of drug-likeness (QED) is 0.369. The summed E-state index contributed by atoms with van der Waals surface area (Å²) in [6.45, 7) is 7.21. The molecule has 1 heterocycles. The molecule has 0 radical (unpaired) electrons. The maximum absolute atomic E-state index is 13.0. The third-order valence-electron chi connectivity index (χ3n) is 4.77. The molecule has 0 saturated heterocycles. The fourth-order valence-corrected chi connectivity index (χ4v) is 3.04. The Bertz CT molecular complexity index is 947. The Morgan fingerprint density at radius 2 is 1.83 bits per heavy atom. The molecular weight excluding hydrogens is 388 g/mol. The van der Waals surface area contributed by atoms with Gasteiger partial charge in [0, 0.05) is 22.9 Å². The highest BCUT2D eigenvalue weighted by Crippen LogP contribution is 2.39. The predicted molar refractivity (Wildman–Crippen MR) is 112 cm³/mol. The second-order valence-electron chi connectivity index (χ2n) is 6.77. The monoisotopic (exact) mass is 416 g/mol. The molecular formula is C22H28N2O6. The van der Waals surface area contributed by atoms with Crippen LogP contribution in [0.25, 0.3) is 11.1 Å². The highest BCUT2D eigenvalue weighted by atomic mass is 16.5. The Kier molecular flexibility index (Phi) is 7.63. The molecule has 0 aliphatic heterocycles. The van der Waals surface area contributed by atoms with E-state index in [4.69, 9.17) is 14.2 Å². The molecule has 8 nitrogen and oxygen atoms in total. The van der Waals surface area contributed by atoms with Crippen molar-refractivity contribution >= 4 is 17.7 Å². The van der Waals surface area contributed by atoms with Crippen LogP contribution in [0.1, 0.15) is 53.7 Å². The topological polar surface area (TPSA) is 107 Å². The summed E-state index contributed by atoms with van der Waals surface area (Å²) in [7, 11) is 2.98. The van der Waals surface area contributed by atoms with Crippen molar-refractivity contribution in [2.75, 3.05) is 20.8 Å². The normalized spacial score (nSPS) is 11.5. The second kappa shape index (κ2) is 9.96. The van der Waals surface area contributed by atoms with E-state index in [1.54, 1.807) is 39.0 Å². The highest BCUT2D eigenvalue weighted by Gasteiger charge is 2.31. The Balaban J connectivity index is 2.74. The Labute approximate surface area is 175 Å². The van der Waals surface area contributed by atoms with Crippen LogP contribution >= 0.6 is 0 Å². The van der Waals surface area contributed by atoms with Crippen molar-refractivity contribution in [1.82, 2.24) is 10.3 Å². The fraction of sp³-hybridized carbons (Fsp3) is 0.409. The van der Waals surface area contributed by atoms with Gasteiger partial charge in [-0.2, -0.15) is 0 Å². The number of nitrogens with one attached hydrogen (secondary N) is 2. The number of methoxy groups -OCH3 is 2. The summed E-state index contributed by atoms with van der Waals surface area (Å²) in [5.41, 5.74) is 1.24. The van der Waals surface area contributed by atoms with Gasteiger partial charge in [-0.15, -0.1) is 0 Å². The molecule has 0 aliphatic rings. The van der Waals surface area contributed by atoms with Gasteiger partial charge in [0.25, 0.3) is 11.7 Å². The fourth-order valence-electron chi connectivity index (χ4n) is 3.04. The first-order valence-electron chi connectivity index (χ1n) is 9.76. The number of carbonyl (C=O) groups excluding carboxylic acids is 3. The molecule has 0 bridgehead atoms. The van der Waals surface area contributed by atoms with E-state index < -0.39 is 17.7 Å². The summed E-state index contributed by atoms with van der Waals surface area (Å²) < 4.78 is 15.9. The van der Waals surface area contributed by atoms with Gasteiger partial charge in [-0.25, -0.2) is 4.79 Å². The molecule has 2 N–H and O–H groups in total. The van der Waals surface area contributed by atoms with Crippen molar-refractivity contribution in [3.8, 4) is 22.6 Å². The molecule has 1 aromatic carbocycles. The van der Waals surface area contributed by atoms with Gasteiger partial charge in [-0.3, -0.25) is 9.59 Å². The second-order valence-corrected chi connectivity index (χ2v) is 6.77. The summed E-state index contributed by atoms with van der Waals surface area (Å²) in [5, 5.41) is 2.66. The average Bonchev–Trinajstić information content (AvgIpc) is 3.09. The van der Waals surface area contributed by atoms with Gasteiger partial charge in [0.15, 0.2) is 0 Å². The lowest BCUT2D eigenvalue weighted by molar-refractivity contribution is -0.117. The molecule has 1 amide bonds. The number of aromatic nitrogens is 1. The molecule has 2 aromatic rings. The Hall–Kier alpha value is -3.29. The SMILES string of the molecule is CCOC(=O)c1c(C)[nH]c(C(=O)C(=O)N[C@@H](C)CC)c1-c1cc(OC)ccc1OC. The highest BCUT2D eigenvalue weighted by molar-refractivity contribution is 6.44. The third kappa shape index (κ3) is 4.64. The average molecular weight is 416 g/mol. The van der Waals surface area contributed by atoms with Crippen LogP contribution in [0.5, 0.6) is 11.5 Å². The van der Waals surface area contributed by atoms with Crippen molar-refractivity contribution < 1.29 is 28.6 Å². The van der Waals surface area contributed by atoms with Crippen molar-refractivity contribution in [1.29, 1.82) is 0 Å². The first-order valence-corrected chi connectivity index (χ1v) is 9.76. The number of benzene rings is 1. The third-order valence-corrected chi connectivity index (χ3v) is 4.77. The molecule has 0 saturated carbocycles. The van der Waals surface area contributed by atoms with E-state index in [-0.39, 0.29) is 29.5 Å². The van der Waals surface area contributed by atoms with Gasteiger partial charge >= 0.3 is 5.97 Å². The largest absolute Gasteiger partial charge is 0.497 e. The first kappa shape index (κ1) is 23.0. The van der Waals surface area contributed by atoms with Gasteiger partial charge in [0.05, 0.1) is 26.4 Å². The zero-order valence-corrected chi connectivity index (χ0v) is 18.2. The van der Waals surface area contributed by atoms with Gasteiger partial charge < -0.3 is 24.5 Å². The molecule has 2 rings (SSSR count). The lowest BCUT2D eigenvalue weighted by Crippen LogP contribution is -2.37. The number of aryl methyl sites for hydroxylation is 1. The number of carbonyl (C=O) groups is 3. The minimum Gasteiger partial charge on any atom is -0.497 e. The van der Waals surface area contributed by atoms with Crippen molar-refractivity contribution in [2.24, 2.45) is 0 Å². The lowest BCUT2D eigenvalue weighted by Gasteiger charge is -2.14. The zero-order valence-electron chi connectivity index (χ0n) is 18.2. The number of amides is 1. The van der Waals surface area contributed by atoms with E-state index in [1.165, 1.54) is 14.2 Å². The number of ether oxygens (including phenoxy) is 3. The van der Waals surface area contributed by atoms with E-state index in [1.807, 2.05) is 6.92 Å². The molecule has 30 heavy (non-hydrogen) atoms. The van der Waals surface area contributed by atoms with E-state index in [0.717, 1.165) is 0 Å². The summed E-state index contributed by atoms with van der Waals surface area (Å²) in [6, 6.07) is 4.84. The zero-order chi connectivity index (χ0) is 22.4. The smallest absolute Gasteiger partial charge is 0.340 e. The van der Waals surface area contributed by atoms with Gasteiger partial charge in [-0.1, -0.05) is 6.92 Å². The number of esters is 1. The minimum atomic E-state index is -0.783. The Morgan fingerprint density at radius 3 is 2.40 bits per heavy atom. The van der Waals surface area contributed by atoms with Gasteiger partial charge in [-0.05, 0) is 45.4 Å². The van der Waals surface area contributed by atoms with Crippen LogP contribution in [0.4, 0.5) is 0 Å². The summed E-state index contributed by atoms with van der Waals surface area (Å²) in [6.07, 6.45) is 0.674. The molecule has 1 aromatic heterocycles. The van der Waals surface area contributed by atoms with Gasteiger partial charge in [0.1, 0.15) is 17.2 Å². The van der Waals surface area contributed by atoms with Crippen LogP contribution in [0.2, 0.25) is 0 Å². The molecule has 0 fully saturated rings. The summed E-state index contributed by atoms with van der Waals surface area (Å²) in [4.78, 5) is 41.2. The van der Waals surface area contributed by atoms with E-state index in [0.29, 0.717) is 29.2 Å². The number of aromatic amines is 1. The number of H-pyrrole nitrogens is 1. The van der Waals surface area contributed by atoms with Gasteiger partial charge in [0.2, 0.25) is 0 Å². The van der Waals surface area contributed by atoms with Crippen LogP contribution < -0.4 is 14.8 Å². The molecule has 0 unspecified atom stereocenters. The summed E-state index contributed by atoms with van der Waals surface area (Å²) in [5.74, 6) is -1.23. The lowest BCUT2D eigenvalue weighted by atomic mass is 9.97. The molecule has 8 heteroatoms. The number of rotatable bonds is 9. The van der Waals surface area contributed by atoms with Crippen LogP contribution in [-0.4, -0.2) is 49.5 Å².